The molecule has 3 aromatic rings. The van der Waals surface area contributed by atoms with Crippen LogP contribution in [0.25, 0.3) is 6.08 Å². The van der Waals surface area contributed by atoms with E-state index in [1.165, 1.54) is 49.6 Å². The van der Waals surface area contributed by atoms with Crippen LogP contribution in [0.2, 0.25) is 0 Å². The number of benzene rings is 3. The number of nitro benzene ring substituents is 1. The predicted molar refractivity (Wildman–Crippen MR) is 126 cm³/mol. The Morgan fingerprint density at radius 1 is 1.11 bits per heavy atom. The fourth-order valence-electron chi connectivity index (χ4n) is 3.01. The second kappa shape index (κ2) is 11.1. The van der Waals surface area contributed by atoms with Crippen molar-refractivity contribution in [3.63, 3.8) is 0 Å². The van der Waals surface area contributed by atoms with Gasteiger partial charge in [0.15, 0.2) is 11.5 Å². The van der Waals surface area contributed by atoms with Gasteiger partial charge < -0.3 is 19.9 Å². The summed E-state index contributed by atoms with van der Waals surface area (Å²) in [5.41, 5.74) is 1.23. The summed E-state index contributed by atoms with van der Waals surface area (Å²) in [5.74, 6) is -1.09. The van der Waals surface area contributed by atoms with Crippen LogP contribution in [-0.2, 0) is 11.4 Å². The van der Waals surface area contributed by atoms with Crippen LogP contribution in [0.1, 0.15) is 21.5 Å². The van der Waals surface area contributed by atoms with E-state index in [1.54, 1.807) is 30.3 Å². The number of carbonyl (C=O) groups excluding carboxylic acids is 1. The molecular formula is C25H19N3O7. The van der Waals surface area contributed by atoms with E-state index in [0.29, 0.717) is 17.1 Å². The Bertz CT molecular complexity index is 1340. The molecule has 0 aliphatic rings. The Labute approximate surface area is 199 Å². The summed E-state index contributed by atoms with van der Waals surface area (Å²) in [6, 6.07) is 18.3. The number of amides is 1. The van der Waals surface area contributed by atoms with Gasteiger partial charge in [-0.15, -0.1) is 0 Å². The zero-order valence-corrected chi connectivity index (χ0v) is 18.4. The van der Waals surface area contributed by atoms with Gasteiger partial charge in [0.2, 0.25) is 0 Å². The smallest absolute Gasteiger partial charge is 0.335 e. The lowest BCUT2D eigenvalue weighted by molar-refractivity contribution is -0.384. The fraction of sp³-hybridized carbons (Fsp3) is 0.0800. The quantitative estimate of drug-likeness (QED) is 0.200. The number of carbonyl (C=O) groups is 2. The lowest BCUT2D eigenvalue weighted by Crippen LogP contribution is -2.14. The number of nitro groups is 1. The largest absolute Gasteiger partial charge is 0.493 e. The molecule has 0 heterocycles. The summed E-state index contributed by atoms with van der Waals surface area (Å²) in [7, 11) is 1.44. The molecule has 0 radical (unpaired) electrons. The molecule has 3 rings (SSSR count). The molecule has 2 N–H and O–H groups in total. The van der Waals surface area contributed by atoms with Gasteiger partial charge in [0, 0.05) is 17.8 Å². The van der Waals surface area contributed by atoms with Crippen molar-refractivity contribution in [2.75, 3.05) is 12.4 Å². The van der Waals surface area contributed by atoms with Crippen molar-refractivity contribution >= 4 is 29.3 Å². The Morgan fingerprint density at radius 3 is 2.49 bits per heavy atom. The molecule has 1 amide bonds. The first kappa shape index (κ1) is 24.5. The third-order valence-corrected chi connectivity index (χ3v) is 4.77. The van der Waals surface area contributed by atoms with Gasteiger partial charge in [0.1, 0.15) is 18.2 Å². The molecule has 10 nitrogen and oxygen atoms in total. The van der Waals surface area contributed by atoms with Crippen molar-refractivity contribution in [2.45, 2.75) is 6.61 Å². The number of nitrogens with one attached hydrogen (secondary N) is 1. The number of carboxylic acid groups (broad SMARTS) is 1. The molecule has 176 valence electrons. The van der Waals surface area contributed by atoms with Crippen LogP contribution in [0.15, 0.2) is 72.3 Å². The second-order valence-electron chi connectivity index (χ2n) is 7.13. The third kappa shape index (κ3) is 6.43. The van der Waals surface area contributed by atoms with E-state index >= 15 is 0 Å². The van der Waals surface area contributed by atoms with Crippen LogP contribution < -0.4 is 14.8 Å². The molecule has 0 spiro atoms. The van der Waals surface area contributed by atoms with Crippen LogP contribution in [0, 0.1) is 21.4 Å². The van der Waals surface area contributed by atoms with E-state index in [0.717, 1.165) is 5.56 Å². The van der Waals surface area contributed by atoms with Gasteiger partial charge >= 0.3 is 5.97 Å². The average molecular weight is 473 g/mol. The predicted octanol–water partition coefficient (Wildman–Crippen LogP) is 4.43. The molecule has 0 unspecified atom stereocenters. The topological polar surface area (TPSA) is 152 Å². The molecule has 35 heavy (non-hydrogen) atoms. The van der Waals surface area contributed by atoms with Crippen molar-refractivity contribution in [2.24, 2.45) is 0 Å². The van der Waals surface area contributed by atoms with E-state index in [2.05, 4.69) is 5.32 Å². The van der Waals surface area contributed by atoms with Crippen molar-refractivity contribution in [1.29, 1.82) is 5.26 Å². The summed E-state index contributed by atoms with van der Waals surface area (Å²) in [5, 5.41) is 31.8. The maximum absolute atomic E-state index is 12.5. The monoisotopic (exact) mass is 473 g/mol. The third-order valence-electron chi connectivity index (χ3n) is 4.77. The minimum Gasteiger partial charge on any atom is -0.493 e. The van der Waals surface area contributed by atoms with Crippen molar-refractivity contribution < 1.29 is 29.1 Å². The molecule has 0 aromatic heterocycles. The van der Waals surface area contributed by atoms with Gasteiger partial charge in [-0.2, -0.15) is 5.26 Å². The fourth-order valence-corrected chi connectivity index (χ4v) is 3.01. The number of hydrogen-bond acceptors (Lipinski definition) is 7. The number of methoxy groups -OCH3 is 1. The van der Waals surface area contributed by atoms with Gasteiger partial charge in [0.25, 0.3) is 11.6 Å². The minimum absolute atomic E-state index is 0.000613. The zero-order chi connectivity index (χ0) is 25.4. The van der Waals surface area contributed by atoms with Crippen molar-refractivity contribution in [3.05, 3.63) is 99.1 Å². The number of nitriles is 1. The van der Waals surface area contributed by atoms with Crippen molar-refractivity contribution in [1.82, 2.24) is 0 Å². The SMILES string of the molecule is COc1cc(/C=C(/C#N)C(=O)Nc2cccc(C(=O)O)c2)ccc1OCc1ccc([N+](=O)[O-])cc1. The van der Waals surface area contributed by atoms with Gasteiger partial charge in [-0.25, -0.2) is 4.79 Å². The molecule has 0 aliphatic heterocycles. The number of hydrogen-bond donors (Lipinski definition) is 2. The highest BCUT2D eigenvalue weighted by atomic mass is 16.6. The first-order valence-corrected chi connectivity index (χ1v) is 10.1. The summed E-state index contributed by atoms with van der Waals surface area (Å²) in [6.45, 7) is 0.144. The van der Waals surface area contributed by atoms with E-state index in [-0.39, 0.29) is 29.1 Å². The maximum Gasteiger partial charge on any atom is 0.335 e. The first-order chi connectivity index (χ1) is 16.8. The van der Waals surface area contributed by atoms with Crippen LogP contribution in [0.5, 0.6) is 11.5 Å². The number of aromatic carboxylic acids is 1. The molecule has 0 aliphatic carbocycles. The number of carboxylic acids is 1. The molecule has 3 aromatic carbocycles. The van der Waals surface area contributed by atoms with E-state index in [4.69, 9.17) is 14.6 Å². The maximum atomic E-state index is 12.5. The molecule has 0 saturated carbocycles. The number of non-ortho nitro benzene ring substituents is 1. The van der Waals surface area contributed by atoms with Crippen LogP contribution in [0.3, 0.4) is 0 Å². The molecule has 0 saturated heterocycles. The Balaban J connectivity index is 1.73. The van der Waals surface area contributed by atoms with Gasteiger partial charge in [-0.05, 0) is 59.7 Å². The summed E-state index contributed by atoms with van der Waals surface area (Å²) < 4.78 is 11.1. The standard InChI is InChI=1S/C25H19N3O7/c1-34-23-12-17(7-10-22(23)35-15-16-5-8-21(9-6-16)28(32)33)11-19(14-26)24(29)27-20-4-2-3-18(13-20)25(30)31/h2-13H,15H2,1H3,(H,27,29)(H,30,31)/b19-11-. The highest BCUT2D eigenvalue weighted by Gasteiger charge is 2.13. The molecule has 10 heteroatoms. The highest BCUT2D eigenvalue weighted by molar-refractivity contribution is 6.10. The normalized spacial score (nSPS) is 10.7. The average Bonchev–Trinajstić information content (AvgIpc) is 2.86. The Morgan fingerprint density at radius 2 is 1.86 bits per heavy atom. The zero-order valence-electron chi connectivity index (χ0n) is 18.4. The Hall–Kier alpha value is -5.17. The summed E-state index contributed by atoms with van der Waals surface area (Å²) in [4.78, 5) is 33.9. The number of nitrogens with zero attached hydrogens (tertiary/aromatic N) is 2. The highest BCUT2D eigenvalue weighted by Crippen LogP contribution is 2.30. The number of anilines is 1. The Kier molecular flexibility index (Phi) is 7.77. The lowest BCUT2D eigenvalue weighted by atomic mass is 10.1. The van der Waals surface area contributed by atoms with E-state index < -0.39 is 16.8 Å². The van der Waals surface area contributed by atoms with Gasteiger partial charge in [0.05, 0.1) is 17.6 Å². The van der Waals surface area contributed by atoms with Crippen LogP contribution >= 0.6 is 0 Å². The van der Waals surface area contributed by atoms with Crippen molar-refractivity contribution in [3.8, 4) is 17.6 Å². The minimum atomic E-state index is -1.14. The lowest BCUT2D eigenvalue weighted by Gasteiger charge is -2.12. The molecular weight excluding hydrogens is 454 g/mol. The van der Waals surface area contributed by atoms with Gasteiger partial charge in [-0.1, -0.05) is 12.1 Å². The number of rotatable bonds is 9. The molecule has 0 fully saturated rings. The first-order valence-electron chi connectivity index (χ1n) is 10.1. The molecule has 0 bridgehead atoms. The summed E-state index contributed by atoms with van der Waals surface area (Å²) in [6.07, 6.45) is 1.36. The van der Waals surface area contributed by atoms with Crippen LogP contribution in [0.4, 0.5) is 11.4 Å². The van der Waals surface area contributed by atoms with E-state index in [1.807, 2.05) is 6.07 Å². The van der Waals surface area contributed by atoms with Crippen LogP contribution in [-0.4, -0.2) is 29.0 Å². The summed E-state index contributed by atoms with van der Waals surface area (Å²) >= 11 is 0. The molecule has 0 atom stereocenters. The van der Waals surface area contributed by atoms with Gasteiger partial charge in [-0.3, -0.25) is 14.9 Å². The second-order valence-corrected chi connectivity index (χ2v) is 7.13. The number of ether oxygens (including phenoxy) is 2. The van der Waals surface area contributed by atoms with E-state index in [9.17, 15) is 25.0 Å².